The summed E-state index contributed by atoms with van der Waals surface area (Å²) >= 11 is 1.27. The molecule has 3 aromatic rings. The minimum Gasteiger partial charge on any atom is -0.311 e. The molecule has 0 saturated carbocycles. The molecule has 162 valence electrons. The molecule has 0 bridgehead atoms. The van der Waals surface area contributed by atoms with Crippen molar-refractivity contribution in [1.29, 1.82) is 0 Å². The van der Waals surface area contributed by atoms with Crippen molar-refractivity contribution >= 4 is 23.4 Å². The molecular formula is C21H20F3N5OS. The van der Waals surface area contributed by atoms with Crippen LogP contribution in [-0.2, 0) is 23.9 Å². The maximum absolute atomic E-state index is 13.0. The fourth-order valence-corrected chi connectivity index (χ4v) is 4.50. The highest BCUT2D eigenvalue weighted by Gasteiger charge is 2.32. The zero-order chi connectivity index (χ0) is 22.0. The van der Waals surface area contributed by atoms with E-state index >= 15 is 0 Å². The summed E-state index contributed by atoms with van der Waals surface area (Å²) in [5.74, 6) is 0.624. The van der Waals surface area contributed by atoms with E-state index < -0.39 is 11.7 Å². The van der Waals surface area contributed by atoms with Crippen molar-refractivity contribution in [3.05, 3.63) is 53.9 Å². The minimum atomic E-state index is -4.40. The molecule has 0 saturated heterocycles. The fourth-order valence-electron chi connectivity index (χ4n) is 3.63. The zero-order valence-electron chi connectivity index (χ0n) is 16.8. The Kier molecular flexibility index (Phi) is 5.99. The molecule has 4 rings (SSSR count). The first-order chi connectivity index (χ1) is 14.9. The number of carbonyl (C=O) groups is 1. The number of fused-ring (bicyclic) bond motifs is 1. The number of nitrogens with zero attached hydrogens (tertiary/aromatic N) is 5. The molecule has 1 aliphatic rings. The molecule has 1 amide bonds. The monoisotopic (exact) mass is 447 g/mol. The van der Waals surface area contributed by atoms with Gasteiger partial charge in [0.05, 0.1) is 11.3 Å². The average Bonchev–Trinajstić information content (AvgIpc) is 3.19. The van der Waals surface area contributed by atoms with Crippen LogP contribution in [0.25, 0.3) is 11.4 Å². The molecular weight excluding hydrogens is 427 g/mol. The molecule has 6 nitrogen and oxygen atoms in total. The second-order valence-electron chi connectivity index (χ2n) is 7.07. The molecule has 10 heteroatoms. The lowest BCUT2D eigenvalue weighted by Crippen LogP contribution is -2.36. The fraction of sp³-hybridized carbons (Fsp3) is 0.333. The number of carbonyl (C=O) groups excluding carboxylic acids is 1. The molecule has 0 spiro atoms. The number of amides is 1. The zero-order valence-corrected chi connectivity index (χ0v) is 17.6. The molecule has 0 aliphatic carbocycles. The number of pyridine rings is 1. The van der Waals surface area contributed by atoms with E-state index in [2.05, 4.69) is 15.2 Å². The number of anilines is 1. The number of halogens is 3. The number of hydrogen-bond acceptors (Lipinski definition) is 5. The summed E-state index contributed by atoms with van der Waals surface area (Å²) in [4.78, 5) is 18.6. The van der Waals surface area contributed by atoms with Gasteiger partial charge in [-0.3, -0.25) is 9.78 Å². The molecule has 1 aliphatic heterocycles. The van der Waals surface area contributed by atoms with E-state index in [9.17, 15) is 18.0 Å². The molecule has 0 fully saturated rings. The number of aromatic nitrogens is 4. The molecule has 0 N–H and O–H groups in total. The highest BCUT2D eigenvalue weighted by atomic mass is 32.2. The van der Waals surface area contributed by atoms with Gasteiger partial charge in [0.2, 0.25) is 5.91 Å². The Labute approximate surface area is 181 Å². The van der Waals surface area contributed by atoms with Crippen LogP contribution in [0.5, 0.6) is 0 Å². The van der Waals surface area contributed by atoms with E-state index in [1.807, 2.05) is 23.6 Å². The Bertz CT molecular complexity index is 1080. The largest absolute Gasteiger partial charge is 0.416 e. The van der Waals surface area contributed by atoms with Crippen LogP contribution in [0, 0.1) is 0 Å². The summed E-state index contributed by atoms with van der Waals surface area (Å²) < 4.78 is 41.0. The Morgan fingerprint density at radius 1 is 1.23 bits per heavy atom. The summed E-state index contributed by atoms with van der Waals surface area (Å²) in [7, 11) is 0. The van der Waals surface area contributed by atoms with Crippen LogP contribution < -0.4 is 4.90 Å². The maximum atomic E-state index is 13.0. The van der Waals surface area contributed by atoms with Gasteiger partial charge in [-0.15, -0.1) is 10.2 Å². The van der Waals surface area contributed by atoms with E-state index in [0.717, 1.165) is 17.7 Å². The van der Waals surface area contributed by atoms with Gasteiger partial charge in [-0.2, -0.15) is 13.2 Å². The summed E-state index contributed by atoms with van der Waals surface area (Å²) in [6, 6.07) is 7.29. The van der Waals surface area contributed by atoms with Crippen molar-refractivity contribution in [3.63, 3.8) is 0 Å². The van der Waals surface area contributed by atoms with Crippen LogP contribution in [0.15, 0.2) is 47.9 Å². The number of hydrogen-bond donors (Lipinski definition) is 0. The van der Waals surface area contributed by atoms with E-state index in [1.54, 1.807) is 17.3 Å². The van der Waals surface area contributed by atoms with Gasteiger partial charge in [-0.25, -0.2) is 0 Å². The van der Waals surface area contributed by atoms with Crippen LogP contribution >= 0.6 is 11.8 Å². The first kappa shape index (κ1) is 21.4. The van der Waals surface area contributed by atoms with E-state index in [4.69, 9.17) is 0 Å². The first-order valence-corrected chi connectivity index (χ1v) is 10.8. The summed E-state index contributed by atoms with van der Waals surface area (Å²) in [6.45, 7) is 3.08. The Morgan fingerprint density at radius 2 is 2.06 bits per heavy atom. The minimum absolute atomic E-state index is 0.117. The van der Waals surface area contributed by atoms with E-state index in [0.29, 0.717) is 48.2 Å². The van der Waals surface area contributed by atoms with Crippen molar-refractivity contribution in [2.24, 2.45) is 0 Å². The summed E-state index contributed by atoms with van der Waals surface area (Å²) in [5, 5.41) is 9.06. The second-order valence-corrected chi connectivity index (χ2v) is 8.01. The van der Waals surface area contributed by atoms with Gasteiger partial charge in [-0.1, -0.05) is 11.8 Å². The lowest BCUT2D eigenvalue weighted by Gasteiger charge is -2.30. The van der Waals surface area contributed by atoms with Gasteiger partial charge >= 0.3 is 6.18 Å². The van der Waals surface area contributed by atoms with Crippen LogP contribution in [0.3, 0.4) is 0 Å². The van der Waals surface area contributed by atoms with Crippen molar-refractivity contribution in [1.82, 2.24) is 19.7 Å². The highest BCUT2D eigenvalue weighted by molar-refractivity contribution is 7.99. The van der Waals surface area contributed by atoms with Crippen LogP contribution in [0.2, 0.25) is 0 Å². The van der Waals surface area contributed by atoms with Gasteiger partial charge in [-0.05, 0) is 55.7 Å². The van der Waals surface area contributed by atoms with Crippen LogP contribution in [0.1, 0.15) is 24.5 Å². The van der Waals surface area contributed by atoms with Crippen LogP contribution in [0.4, 0.5) is 18.9 Å². The van der Waals surface area contributed by atoms with Crippen LogP contribution in [-0.4, -0.2) is 38.0 Å². The molecule has 1 aromatic carbocycles. The Balaban J connectivity index is 1.50. The SMILES string of the molecule is CCn1c(SCC(=O)N2CCCc3cc(C(F)(F)F)ccc32)nnc1-c1cccnc1. The maximum Gasteiger partial charge on any atom is 0.416 e. The summed E-state index contributed by atoms with van der Waals surface area (Å²) in [5.41, 5.74) is 1.25. The second kappa shape index (κ2) is 8.70. The topological polar surface area (TPSA) is 63.9 Å². The molecule has 2 aromatic heterocycles. The predicted octanol–water partition coefficient (Wildman–Crippen LogP) is 4.45. The third-order valence-electron chi connectivity index (χ3n) is 5.10. The van der Waals surface area contributed by atoms with Gasteiger partial charge in [0.1, 0.15) is 0 Å². The van der Waals surface area contributed by atoms with Crippen molar-refractivity contribution in [2.45, 2.75) is 37.6 Å². The molecule has 3 heterocycles. The number of aryl methyl sites for hydroxylation is 1. The first-order valence-electron chi connectivity index (χ1n) is 9.85. The normalized spacial score (nSPS) is 13.9. The van der Waals surface area contributed by atoms with Gasteiger partial charge in [0.25, 0.3) is 0 Å². The smallest absolute Gasteiger partial charge is 0.311 e. The van der Waals surface area contributed by atoms with Gasteiger partial charge in [0, 0.05) is 36.7 Å². The third kappa shape index (κ3) is 4.43. The molecule has 0 radical (unpaired) electrons. The van der Waals surface area contributed by atoms with E-state index in [-0.39, 0.29) is 11.7 Å². The Morgan fingerprint density at radius 3 is 2.77 bits per heavy atom. The van der Waals surface area contributed by atoms with Crippen molar-refractivity contribution in [3.8, 4) is 11.4 Å². The van der Waals surface area contributed by atoms with Crippen molar-refractivity contribution < 1.29 is 18.0 Å². The molecule has 0 unspecified atom stereocenters. The summed E-state index contributed by atoms with van der Waals surface area (Å²) in [6.07, 6.45) is 0.136. The third-order valence-corrected chi connectivity index (χ3v) is 6.06. The average molecular weight is 447 g/mol. The lowest BCUT2D eigenvalue weighted by molar-refractivity contribution is -0.137. The lowest BCUT2D eigenvalue weighted by atomic mass is 9.99. The Hall–Kier alpha value is -2.88. The van der Waals surface area contributed by atoms with Gasteiger partial charge in [0.15, 0.2) is 11.0 Å². The molecule has 0 atom stereocenters. The van der Waals surface area contributed by atoms with Gasteiger partial charge < -0.3 is 9.47 Å². The quantitative estimate of drug-likeness (QED) is 0.541. The van der Waals surface area contributed by atoms with E-state index in [1.165, 1.54) is 17.8 Å². The number of rotatable bonds is 5. The highest BCUT2D eigenvalue weighted by Crippen LogP contribution is 2.35. The predicted molar refractivity (Wildman–Crippen MR) is 112 cm³/mol. The number of benzene rings is 1. The number of thioether (sulfide) groups is 1. The standard InChI is InChI=1S/C21H20F3N5OS/c1-2-28-19(15-5-3-9-25-12-15)26-27-20(28)31-13-18(30)29-10-4-6-14-11-16(21(22,23)24)7-8-17(14)29/h3,5,7-9,11-12H,2,4,6,10,13H2,1H3. The molecule has 31 heavy (non-hydrogen) atoms. The van der Waals surface area contributed by atoms with Crippen molar-refractivity contribution in [2.75, 3.05) is 17.2 Å². The number of alkyl halides is 3.